The van der Waals surface area contributed by atoms with E-state index in [9.17, 15) is 9.90 Å². The van der Waals surface area contributed by atoms with Crippen molar-refractivity contribution in [1.29, 1.82) is 0 Å². The summed E-state index contributed by atoms with van der Waals surface area (Å²) in [6, 6.07) is 23.6. The Labute approximate surface area is 209 Å². The lowest BCUT2D eigenvalue weighted by molar-refractivity contribution is -0.133. The number of carbonyl (C=O) groups excluding carboxylic acids is 1. The molecule has 0 spiro atoms. The number of pyridine rings is 1. The van der Waals surface area contributed by atoms with Crippen LogP contribution in [0.25, 0.3) is 10.9 Å². The molecule has 4 aromatic rings. The molecule has 1 fully saturated rings. The molecule has 2 aliphatic rings. The van der Waals surface area contributed by atoms with Crippen molar-refractivity contribution < 1.29 is 9.90 Å². The molecular weight excluding hydrogens is 458 g/mol. The number of halogens is 1. The zero-order chi connectivity index (χ0) is 23.9. The largest absolute Gasteiger partial charge is 0.508 e. The first-order valence-electron chi connectivity index (χ1n) is 12.0. The second-order valence-electron chi connectivity index (χ2n) is 9.56. The number of rotatable bonds is 4. The number of fused-ring (bicyclic) bond motifs is 2. The van der Waals surface area contributed by atoms with E-state index in [0.717, 1.165) is 51.3 Å². The fourth-order valence-corrected chi connectivity index (χ4v) is 5.55. The number of phenols is 1. The third kappa shape index (κ3) is 4.38. The average molecular weight is 484 g/mol. The predicted octanol–water partition coefficient (Wildman–Crippen LogP) is 5.17. The molecule has 3 aromatic carbocycles. The van der Waals surface area contributed by atoms with Gasteiger partial charge in [-0.1, -0.05) is 48.0 Å². The molecule has 5 nitrogen and oxygen atoms in total. The minimum atomic E-state index is -0.205. The van der Waals surface area contributed by atoms with Gasteiger partial charge in [0.05, 0.1) is 11.6 Å². The van der Waals surface area contributed by atoms with E-state index in [2.05, 4.69) is 17.4 Å². The van der Waals surface area contributed by atoms with E-state index in [4.69, 9.17) is 16.6 Å². The molecule has 2 atom stereocenters. The van der Waals surface area contributed by atoms with E-state index in [0.29, 0.717) is 19.5 Å². The number of phenolic OH excluding ortho intramolecular Hbond substituents is 1. The Morgan fingerprint density at radius 3 is 2.71 bits per heavy atom. The molecule has 1 amide bonds. The molecule has 0 aliphatic carbocycles. The van der Waals surface area contributed by atoms with Gasteiger partial charge in [-0.25, -0.2) is 0 Å². The van der Waals surface area contributed by atoms with Gasteiger partial charge in [0, 0.05) is 47.7 Å². The lowest BCUT2D eigenvalue weighted by atomic mass is 9.96. The fourth-order valence-electron chi connectivity index (χ4n) is 5.35. The van der Waals surface area contributed by atoms with E-state index in [1.165, 1.54) is 5.56 Å². The van der Waals surface area contributed by atoms with Gasteiger partial charge >= 0.3 is 0 Å². The maximum Gasteiger partial charge on any atom is 0.240 e. The van der Waals surface area contributed by atoms with Gasteiger partial charge in [0.15, 0.2) is 0 Å². The van der Waals surface area contributed by atoms with Crippen LogP contribution in [0.1, 0.15) is 40.3 Å². The second-order valence-corrected chi connectivity index (χ2v) is 10.0. The Hall–Kier alpha value is -3.41. The molecule has 1 saturated heterocycles. The van der Waals surface area contributed by atoms with Crippen molar-refractivity contribution in [3.05, 3.63) is 106 Å². The van der Waals surface area contributed by atoms with Crippen LogP contribution in [0.2, 0.25) is 5.02 Å². The number of para-hydroxylation sites is 1. The number of hydrogen-bond donors (Lipinski definition) is 2. The summed E-state index contributed by atoms with van der Waals surface area (Å²) in [4.78, 5) is 19.9. The lowest BCUT2D eigenvalue weighted by Gasteiger charge is -2.20. The normalized spacial score (nSPS) is 19.3. The Balaban J connectivity index is 1.15. The van der Waals surface area contributed by atoms with Crippen LogP contribution < -0.4 is 5.32 Å². The molecule has 3 heterocycles. The number of nitrogens with zero attached hydrogens (tertiary/aromatic N) is 2. The number of amides is 1. The minimum absolute atomic E-state index is 0.114. The highest BCUT2D eigenvalue weighted by molar-refractivity contribution is 6.30. The van der Waals surface area contributed by atoms with E-state index in [-0.39, 0.29) is 23.6 Å². The first-order valence-corrected chi connectivity index (χ1v) is 12.4. The molecule has 35 heavy (non-hydrogen) atoms. The van der Waals surface area contributed by atoms with Crippen molar-refractivity contribution in [2.75, 3.05) is 6.54 Å². The molecule has 176 valence electrons. The van der Waals surface area contributed by atoms with E-state index in [1.807, 2.05) is 65.6 Å². The molecular formula is C29H26ClN3O2. The summed E-state index contributed by atoms with van der Waals surface area (Å²) in [5.41, 5.74) is 5.96. The molecule has 2 aliphatic heterocycles. The van der Waals surface area contributed by atoms with Crippen molar-refractivity contribution in [3.8, 4) is 5.75 Å². The summed E-state index contributed by atoms with van der Waals surface area (Å²) < 4.78 is 0. The zero-order valence-corrected chi connectivity index (χ0v) is 20.0. The standard InChI is InChI=1S/C29H26ClN3O2/c30-24-6-3-5-19(11-24)21-13-27(31-15-21)29(35)33-16-22-10-20(28(34)14-23(22)17-33)12-25-9-8-18-4-1-2-7-26(18)32-25/h1-11,14,21,27,31,34H,12-13,15-17H2/t21-,27-/m1/s1. The summed E-state index contributed by atoms with van der Waals surface area (Å²) in [5, 5.41) is 15.9. The van der Waals surface area contributed by atoms with Crippen LogP contribution in [0, 0.1) is 0 Å². The van der Waals surface area contributed by atoms with Crippen molar-refractivity contribution in [2.24, 2.45) is 0 Å². The van der Waals surface area contributed by atoms with Crippen molar-refractivity contribution in [2.45, 2.75) is 37.9 Å². The number of aromatic hydroxyl groups is 1. The second kappa shape index (κ2) is 8.99. The van der Waals surface area contributed by atoms with Gasteiger partial charge in [-0.15, -0.1) is 0 Å². The van der Waals surface area contributed by atoms with E-state index >= 15 is 0 Å². The minimum Gasteiger partial charge on any atom is -0.508 e. The van der Waals surface area contributed by atoms with Gasteiger partial charge in [0.2, 0.25) is 5.91 Å². The highest BCUT2D eigenvalue weighted by Crippen LogP contribution is 2.33. The van der Waals surface area contributed by atoms with Gasteiger partial charge in [-0.05, 0) is 65.4 Å². The van der Waals surface area contributed by atoms with Gasteiger partial charge in [-0.3, -0.25) is 9.78 Å². The third-order valence-electron chi connectivity index (χ3n) is 7.21. The van der Waals surface area contributed by atoms with Crippen molar-refractivity contribution in [1.82, 2.24) is 15.2 Å². The van der Waals surface area contributed by atoms with Crippen LogP contribution in [0.5, 0.6) is 5.75 Å². The summed E-state index contributed by atoms with van der Waals surface area (Å²) >= 11 is 6.16. The third-order valence-corrected chi connectivity index (χ3v) is 7.45. The highest BCUT2D eigenvalue weighted by atomic mass is 35.5. The summed E-state index contributed by atoms with van der Waals surface area (Å²) in [5.74, 6) is 0.647. The Bertz CT molecular complexity index is 1440. The molecule has 6 rings (SSSR count). The Morgan fingerprint density at radius 2 is 1.86 bits per heavy atom. The van der Waals surface area contributed by atoms with Crippen LogP contribution in [0.15, 0.2) is 72.8 Å². The molecule has 0 bridgehead atoms. The summed E-state index contributed by atoms with van der Waals surface area (Å²) in [6.07, 6.45) is 1.31. The van der Waals surface area contributed by atoms with Crippen molar-refractivity contribution in [3.63, 3.8) is 0 Å². The lowest BCUT2D eigenvalue weighted by Crippen LogP contribution is -2.40. The number of hydrogen-bond acceptors (Lipinski definition) is 4. The van der Waals surface area contributed by atoms with Gasteiger partial charge in [0.1, 0.15) is 5.75 Å². The molecule has 1 aromatic heterocycles. The zero-order valence-electron chi connectivity index (χ0n) is 19.2. The quantitative estimate of drug-likeness (QED) is 0.420. The summed E-state index contributed by atoms with van der Waals surface area (Å²) in [6.45, 7) is 1.85. The monoisotopic (exact) mass is 483 g/mol. The van der Waals surface area contributed by atoms with Crippen LogP contribution in [0.4, 0.5) is 0 Å². The maximum absolute atomic E-state index is 13.3. The Morgan fingerprint density at radius 1 is 1.03 bits per heavy atom. The highest BCUT2D eigenvalue weighted by Gasteiger charge is 2.35. The Kier molecular flexibility index (Phi) is 5.67. The fraction of sp³-hybridized carbons (Fsp3) is 0.241. The first kappa shape index (κ1) is 22.1. The topological polar surface area (TPSA) is 65.5 Å². The summed E-state index contributed by atoms with van der Waals surface area (Å²) in [7, 11) is 0. The van der Waals surface area contributed by atoms with Gasteiger partial charge in [0.25, 0.3) is 0 Å². The number of carbonyl (C=O) groups is 1. The van der Waals surface area contributed by atoms with Gasteiger partial charge in [-0.2, -0.15) is 0 Å². The van der Waals surface area contributed by atoms with Crippen LogP contribution in [-0.4, -0.2) is 33.5 Å². The molecule has 6 heteroatoms. The van der Waals surface area contributed by atoms with Gasteiger partial charge < -0.3 is 15.3 Å². The number of benzene rings is 3. The van der Waals surface area contributed by atoms with Crippen LogP contribution in [0.3, 0.4) is 0 Å². The molecule has 0 unspecified atom stereocenters. The first-order chi connectivity index (χ1) is 17.0. The molecule has 0 radical (unpaired) electrons. The maximum atomic E-state index is 13.3. The molecule has 2 N–H and O–H groups in total. The van der Waals surface area contributed by atoms with Crippen molar-refractivity contribution >= 4 is 28.4 Å². The van der Waals surface area contributed by atoms with E-state index < -0.39 is 0 Å². The number of aromatic nitrogens is 1. The number of nitrogens with one attached hydrogen (secondary N) is 1. The van der Waals surface area contributed by atoms with Crippen LogP contribution >= 0.6 is 11.6 Å². The predicted molar refractivity (Wildman–Crippen MR) is 138 cm³/mol. The molecule has 0 saturated carbocycles. The average Bonchev–Trinajstić information content (AvgIpc) is 3.51. The SMILES string of the molecule is O=C([C@H]1C[C@@H](c2cccc(Cl)c2)CN1)N1Cc2cc(O)c(Cc3ccc4ccccc4n3)cc2C1. The van der Waals surface area contributed by atoms with E-state index in [1.54, 1.807) is 0 Å². The van der Waals surface area contributed by atoms with Crippen LogP contribution in [-0.2, 0) is 24.3 Å². The smallest absolute Gasteiger partial charge is 0.240 e.